The van der Waals surface area contributed by atoms with Crippen molar-refractivity contribution in [1.29, 1.82) is 0 Å². The van der Waals surface area contributed by atoms with Gasteiger partial charge in [0.25, 0.3) is 0 Å². The molecule has 0 radical (unpaired) electrons. The molecule has 4 aromatic carbocycles. The summed E-state index contributed by atoms with van der Waals surface area (Å²) >= 11 is 0. The summed E-state index contributed by atoms with van der Waals surface area (Å²) in [5.74, 6) is 5.33. The second kappa shape index (κ2) is 11.7. The van der Waals surface area contributed by atoms with Crippen molar-refractivity contribution in [3.63, 3.8) is 0 Å². The molecular weight excluding hydrogens is 648 g/mol. The molecule has 4 aromatic rings. The number of para-hydroxylation sites is 2. The number of ether oxygens (including phenoxy) is 2. The van der Waals surface area contributed by atoms with E-state index in [1.54, 1.807) is 48.5 Å². The Labute approximate surface area is 305 Å². The van der Waals surface area contributed by atoms with Crippen LogP contribution in [-0.2, 0) is 5.41 Å². The first kappa shape index (κ1) is 32.1. The Morgan fingerprint density at radius 1 is 0.500 bits per heavy atom. The number of rotatable bonds is 9. The number of hydrogen-bond donors (Lipinski definition) is 2. The summed E-state index contributed by atoms with van der Waals surface area (Å²) in [6.07, 6.45) is 14.4. The van der Waals surface area contributed by atoms with E-state index in [0.29, 0.717) is 17.4 Å². The zero-order chi connectivity index (χ0) is 35.2. The van der Waals surface area contributed by atoms with Crippen LogP contribution in [0.4, 0.5) is 0 Å². The van der Waals surface area contributed by atoms with Gasteiger partial charge in [-0.1, -0.05) is 36.4 Å². The van der Waals surface area contributed by atoms with Crippen molar-refractivity contribution in [2.45, 2.75) is 76.0 Å². The van der Waals surface area contributed by atoms with Crippen molar-refractivity contribution in [1.82, 2.24) is 0 Å². The summed E-state index contributed by atoms with van der Waals surface area (Å²) in [5, 5.41) is 19.2. The Kier molecular flexibility index (Phi) is 7.23. The van der Waals surface area contributed by atoms with Crippen LogP contribution >= 0.6 is 0 Å². The van der Waals surface area contributed by atoms with Gasteiger partial charge < -0.3 is 19.7 Å². The molecule has 0 aliphatic heterocycles. The van der Waals surface area contributed by atoms with E-state index < -0.39 is 11.9 Å². The lowest BCUT2D eigenvalue weighted by Crippen LogP contribution is -2.71. The highest BCUT2D eigenvalue weighted by molar-refractivity contribution is 5.88. The number of aromatic carboxylic acids is 2. The molecule has 8 aliphatic carbocycles. The van der Waals surface area contributed by atoms with E-state index in [2.05, 4.69) is 48.5 Å². The topological polar surface area (TPSA) is 93.1 Å². The van der Waals surface area contributed by atoms with Crippen molar-refractivity contribution in [3.05, 3.63) is 119 Å². The lowest BCUT2D eigenvalue weighted by Gasteiger charge is -2.77. The van der Waals surface area contributed by atoms with Gasteiger partial charge >= 0.3 is 11.9 Å². The molecule has 52 heavy (non-hydrogen) atoms. The second-order valence-corrected chi connectivity index (χ2v) is 17.5. The van der Waals surface area contributed by atoms with Gasteiger partial charge in [-0.15, -0.1) is 0 Å². The summed E-state index contributed by atoms with van der Waals surface area (Å²) in [7, 11) is 0. The van der Waals surface area contributed by atoms with Crippen LogP contribution in [0.25, 0.3) is 0 Å². The van der Waals surface area contributed by atoms with Gasteiger partial charge in [0.15, 0.2) is 0 Å². The van der Waals surface area contributed by atoms with E-state index in [1.165, 1.54) is 81.8 Å². The Balaban J connectivity index is 1.21. The molecule has 2 unspecified atom stereocenters. The highest BCUT2D eigenvalue weighted by Crippen LogP contribution is 2.82. The van der Waals surface area contributed by atoms with Crippen LogP contribution in [0.2, 0.25) is 0 Å². The molecule has 2 atom stereocenters. The molecule has 266 valence electrons. The van der Waals surface area contributed by atoms with Crippen LogP contribution in [0.15, 0.2) is 97.1 Å². The smallest absolute Gasteiger partial charge is 0.335 e. The summed E-state index contributed by atoms with van der Waals surface area (Å²) in [5.41, 5.74) is 2.81. The zero-order valence-corrected chi connectivity index (χ0v) is 29.5. The van der Waals surface area contributed by atoms with Gasteiger partial charge in [-0.2, -0.15) is 0 Å². The fourth-order valence-corrected chi connectivity index (χ4v) is 14.0. The fourth-order valence-electron chi connectivity index (χ4n) is 14.0. The Morgan fingerprint density at radius 3 is 1.29 bits per heavy atom. The van der Waals surface area contributed by atoms with Gasteiger partial charge in [0.05, 0.1) is 11.1 Å². The minimum absolute atomic E-state index is 0.0179. The quantitative estimate of drug-likeness (QED) is 0.181. The number of hydrogen-bond acceptors (Lipinski definition) is 4. The average Bonchev–Trinajstić information content (AvgIpc) is 3.12. The predicted octanol–water partition coefficient (Wildman–Crippen LogP) is 11.0. The number of carboxylic acid groups (broad SMARTS) is 2. The highest BCUT2D eigenvalue weighted by atomic mass is 16.5. The molecule has 8 saturated carbocycles. The van der Waals surface area contributed by atoms with E-state index in [0.717, 1.165) is 41.1 Å². The monoisotopic (exact) mass is 694 g/mol. The normalized spacial score (nSPS) is 33.2. The fraction of sp³-hybridized carbons (Fsp3) is 0.435. The van der Waals surface area contributed by atoms with Crippen LogP contribution in [-0.4, -0.2) is 22.2 Å². The van der Waals surface area contributed by atoms with Crippen molar-refractivity contribution in [3.8, 4) is 23.0 Å². The van der Waals surface area contributed by atoms with E-state index in [9.17, 15) is 19.8 Å². The minimum Gasteiger partial charge on any atom is -0.478 e. The third-order valence-electron chi connectivity index (χ3n) is 14.9. The molecular formula is C46H46O6. The van der Waals surface area contributed by atoms with Crippen molar-refractivity contribution < 1.29 is 29.3 Å². The largest absolute Gasteiger partial charge is 0.478 e. The number of benzene rings is 4. The summed E-state index contributed by atoms with van der Waals surface area (Å²) < 4.78 is 13.8. The zero-order valence-electron chi connectivity index (χ0n) is 29.5. The average molecular weight is 695 g/mol. The highest BCUT2D eigenvalue weighted by Gasteiger charge is 2.75. The first-order valence-electron chi connectivity index (χ1n) is 19.5. The van der Waals surface area contributed by atoms with Crippen LogP contribution in [0, 0.1) is 46.3 Å². The molecule has 12 rings (SSSR count). The maximum atomic E-state index is 11.7. The van der Waals surface area contributed by atoms with Gasteiger partial charge in [-0.3, -0.25) is 0 Å². The van der Waals surface area contributed by atoms with E-state index in [-0.39, 0.29) is 27.4 Å². The summed E-state index contributed by atoms with van der Waals surface area (Å²) in [6.45, 7) is 0. The predicted molar refractivity (Wildman–Crippen MR) is 197 cm³/mol. The van der Waals surface area contributed by atoms with Crippen molar-refractivity contribution in [2.75, 3.05) is 0 Å². The van der Waals surface area contributed by atoms with Crippen molar-refractivity contribution >= 4 is 11.9 Å². The summed E-state index contributed by atoms with van der Waals surface area (Å²) in [6, 6.07) is 31.0. The molecule has 8 bridgehead atoms. The van der Waals surface area contributed by atoms with Gasteiger partial charge in [-0.25, -0.2) is 9.59 Å². The van der Waals surface area contributed by atoms with E-state index in [1.807, 2.05) is 0 Å². The molecule has 0 saturated heterocycles. The lowest BCUT2D eigenvalue weighted by molar-refractivity contribution is -0.234. The SMILES string of the molecule is O=C(O)c1ccc(Oc2ccccc2C2(c3ccccc3Oc3ccc(C(=O)O)cc3)C3CC4CC(C3)CC2(C23CC5CC(CC(C5)C2)C3)C4)cc1. The lowest BCUT2D eigenvalue weighted by atomic mass is 9.27. The number of carboxylic acids is 2. The Bertz CT molecular complexity index is 1890. The number of carbonyl (C=O) groups is 2. The van der Waals surface area contributed by atoms with E-state index in [4.69, 9.17) is 9.47 Å². The van der Waals surface area contributed by atoms with E-state index >= 15 is 0 Å². The first-order valence-corrected chi connectivity index (χ1v) is 19.5. The van der Waals surface area contributed by atoms with Gasteiger partial charge in [0, 0.05) is 16.5 Å². The molecule has 0 spiro atoms. The standard InChI is InChI=1S/C46H46O6/c47-42(48)33-9-13-36(14-10-33)51-40-7-3-1-5-38(40)46(39-6-2-4-8-41(39)52-37-15-11-34(12-16-37)43(49)50)35-21-31-20-32(22-35)27-45(46,26-31)44-23-28-17-29(24-44)19-30(18-28)25-44/h1-16,28-32,35H,17-27H2,(H,47,48)(H,49,50). The maximum absolute atomic E-state index is 11.7. The molecule has 0 heterocycles. The Hall–Kier alpha value is -4.58. The molecule has 2 N–H and O–H groups in total. The first-order chi connectivity index (χ1) is 25.2. The molecule has 8 aliphatic rings. The molecule has 8 fully saturated rings. The second-order valence-electron chi connectivity index (χ2n) is 17.5. The third-order valence-corrected chi connectivity index (χ3v) is 14.9. The van der Waals surface area contributed by atoms with Crippen LogP contribution in [0.3, 0.4) is 0 Å². The molecule has 0 amide bonds. The Morgan fingerprint density at radius 2 is 0.885 bits per heavy atom. The molecule has 0 aromatic heterocycles. The molecule has 6 heteroatoms. The van der Waals surface area contributed by atoms with Crippen molar-refractivity contribution in [2.24, 2.45) is 46.3 Å². The van der Waals surface area contributed by atoms with Crippen LogP contribution < -0.4 is 9.47 Å². The van der Waals surface area contributed by atoms with Gasteiger partial charge in [0.2, 0.25) is 0 Å². The van der Waals surface area contributed by atoms with Gasteiger partial charge in [0.1, 0.15) is 23.0 Å². The minimum atomic E-state index is -0.953. The van der Waals surface area contributed by atoms with Gasteiger partial charge in [-0.05, 0) is 178 Å². The van der Waals surface area contributed by atoms with Crippen LogP contribution in [0.1, 0.15) is 102 Å². The maximum Gasteiger partial charge on any atom is 0.335 e. The molecule has 6 nitrogen and oxygen atoms in total. The summed E-state index contributed by atoms with van der Waals surface area (Å²) in [4.78, 5) is 23.4. The third kappa shape index (κ3) is 4.68. The van der Waals surface area contributed by atoms with Crippen LogP contribution in [0.5, 0.6) is 23.0 Å².